The molecule has 2 bridgehead atoms. The van der Waals surface area contributed by atoms with E-state index in [2.05, 4.69) is 15.3 Å². The van der Waals surface area contributed by atoms with Crippen LogP contribution in [-0.2, 0) is 39.8 Å². The van der Waals surface area contributed by atoms with Crippen molar-refractivity contribution in [1.29, 1.82) is 0 Å². The Bertz CT molecular complexity index is 2080. The number of hydrogen-bond acceptors (Lipinski definition) is 11. The van der Waals surface area contributed by atoms with Gasteiger partial charge in [-0.15, -0.1) is 0 Å². The third-order valence-electron chi connectivity index (χ3n) is 11.4. The monoisotopic (exact) mass is 823 g/mol. The van der Waals surface area contributed by atoms with Crippen molar-refractivity contribution < 1.29 is 59.4 Å². The van der Waals surface area contributed by atoms with Crippen molar-refractivity contribution >= 4 is 44.7 Å². The van der Waals surface area contributed by atoms with Gasteiger partial charge in [0.15, 0.2) is 11.5 Å². The van der Waals surface area contributed by atoms with Gasteiger partial charge in [0.1, 0.15) is 18.2 Å². The van der Waals surface area contributed by atoms with Crippen molar-refractivity contribution in [2.24, 2.45) is 16.7 Å². The summed E-state index contributed by atoms with van der Waals surface area (Å²) in [6.07, 6.45) is -4.46. The van der Waals surface area contributed by atoms with Crippen LogP contribution in [0.1, 0.15) is 77.8 Å². The summed E-state index contributed by atoms with van der Waals surface area (Å²) in [6, 6.07) is 3.45. The molecule has 3 amide bonds. The minimum absolute atomic E-state index is 0.141. The molecule has 1 aromatic carbocycles. The number of rotatable bonds is 7. The molecule has 3 aliphatic carbocycles. The number of alkyl halides is 4. The third kappa shape index (κ3) is 8.45. The highest BCUT2D eigenvalue weighted by atomic mass is 32.2. The van der Waals surface area contributed by atoms with E-state index in [4.69, 9.17) is 14.2 Å². The number of ketones is 1. The van der Waals surface area contributed by atoms with Crippen LogP contribution in [-0.4, -0.2) is 102 Å². The number of Topliss-reactive ketones (excluding diaryl/α,β-unsaturated/α-hetero) is 1. The van der Waals surface area contributed by atoms with Gasteiger partial charge >= 0.3 is 12.0 Å². The molecule has 2 N–H and O–H groups in total. The zero-order chi connectivity index (χ0) is 41.1. The minimum atomic E-state index is -4.16. The lowest BCUT2D eigenvalue weighted by Crippen LogP contribution is -2.57. The minimum Gasteiger partial charge on any atom is -0.471 e. The summed E-state index contributed by atoms with van der Waals surface area (Å²) in [5.41, 5.74) is -3.58. The Morgan fingerprint density at radius 2 is 1.72 bits per heavy atom. The Kier molecular flexibility index (Phi) is 10.8. The Morgan fingerprint density at radius 3 is 2.37 bits per heavy atom. The number of para-hydroxylation sites is 2. The van der Waals surface area contributed by atoms with Crippen LogP contribution < -0.4 is 14.8 Å². The van der Waals surface area contributed by atoms with Crippen molar-refractivity contribution in [2.75, 3.05) is 13.2 Å². The predicted molar refractivity (Wildman–Crippen MR) is 194 cm³/mol. The van der Waals surface area contributed by atoms with Gasteiger partial charge in [0, 0.05) is 18.8 Å². The van der Waals surface area contributed by atoms with E-state index in [0.717, 1.165) is 11.0 Å². The van der Waals surface area contributed by atoms with Gasteiger partial charge in [-0.25, -0.2) is 32.0 Å². The molecule has 5 aliphatic rings. The number of nitrogens with zero attached hydrogens (tertiary/aromatic N) is 3. The van der Waals surface area contributed by atoms with Crippen LogP contribution in [0.2, 0.25) is 0 Å². The molecule has 0 radical (unpaired) electrons. The number of allylic oxidation sites excluding steroid dienone is 1. The summed E-state index contributed by atoms with van der Waals surface area (Å²) in [5.74, 6) is -8.86. The van der Waals surface area contributed by atoms with Crippen LogP contribution >= 0.6 is 0 Å². The second-order valence-electron chi connectivity index (χ2n) is 16.7. The normalized spacial score (nSPS) is 31.3. The quantitative estimate of drug-likeness (QED) is 0.295. The van der Waals surface area contributed by atoms with Gasteiger partial charge in [0.25, 0.3) is 0 Å². The van der Waals surface area contributed by atoms with Crippen molar-refractivity contribution in [3.63, 3.8) is 0 Å². The summed E-state index contributed by atoms with van der Waals surface area (Å²) in [7, 11) is -4.16. The Morgan fingerprint density at radius 1 is 1.04 bits per heavy atom. The van der Waals surface area contributed by atoms with Gasteiger partial charge in [0.2, 0.25) is 34.1 Å². The maximum absolute atomic E-state index is 16.0. The lowest BCUT2D eigenvalue weighted by Gasteiger charge is -2.35. The van der Waals surface area contributed by atoms with Crippen LogP contribution in [0.4, 0.5) is 22.4 Å². The van der Waals surface area contributed by atoms with Crippen LogP contribution in [0.15, 0.2) is 36.4 Å². The third-order valence-corrected chi connectivity index (χ3v) is 13.2. The van der Waals surface area contributed by atoms with E-state index in [1.165, 1.54) is 12.1 Å². The number of carbonyl (C=O) groups excluding carboxylic acids is 4. The molecule has 7 rings (SSSR count). The predicted octanol–water partition coefficient (Wildman–Crippen LogP) is 4.56. The summed E-state index contributed by atoms with van der Waals surface area (Å²) in [6.45, 7) is 4.33. The Balaban J connectivity index is 1.26. The standard InChI is InChI=1S/C38H45F4N5O9S/c1-36(2,3)30-33(49)47-19-20(16-25(47)26(48)18-37(17-22(37)31(39)40)34(50)46-57(52,53)21-12-13-21)55-32-29(43-23-8-4-5-9-24(23)44-32)38(41,42)14-7-15-54-27-10-6-11-28(27)56-35(51)45-30/h4-5,7-9,14,20-22,25,27-28,30-31H,6,10-13,15-19H2,1-3H3,(H,45,51)(H,46,50)/b14-7+/t20-,22+,25+,27-,28-,30-,37-/m1/s1. The van der Waals surface area contributed by atoms with Gasteiger partial charge in [-0.1, -0.05) is 39.0 Å². The lowest BCUT2D eigenvalue weighted by atomic mass is 9.85. The lowest BCUT2D eigenvalue weighted by molar-refractivity contribution is -0.142. The van der Waals surface area contributed by atoms with E-state index in [-0.39, 0.29) is 24.1 Å². The molecular formula is C38H45F4N5O9S. The zero-order valence-electron chi connectivity index (χ0n) is 31.6. The number of sulfonamides is 1. The topological polar surface area (TPSA) is 183 Å². The SMILES string of the molecule is CC(C)(C)[C@@H]1NC(=O)O[C@@H]2CCC[C@H]2OC/C=C/C(F)(F)c2nc3ccccc3nc2O[C@@H]2C[C@@H](C(=O)C[C@]3(C(=O)NS(=O)(=O)C4CC4)C[C@H]3C(F)F)N(C2)C1=O. The largest absolute Gasteiger partial charge is 0.471 e. The average Bonchev–Trinajstić information content (AvgIpc) is 4.04. The molecular weight excluding hydrogens is 779 g/mol. The number of ether oxygens (including phenoxy) is 3. The molecule has 57 heavy (non-hydrogen) atoms. The number of halogens is 4. The fraction of sp³-hybridized carbons (Fsp3) is 0.632. The first-order valence-electron chi connectivity index (χ1n) is 19.0. The summed E-state index contributed by atoms with van der Waals surface area (Å²) >= 11 is 0. The number of fused-ring (bicyclic) bond motifs is 5. The Hall–Kier alpha value is -4.39. The summed E-state index contributed by atoms with van der Waals surface area (Å²) in [5, 5.41) is 1.79. The average molecular weight is 824 g/mol. The summed E-state index contributed by atoms with van der Waals surface area (Å²) in [4.78, 5) is 65.4. The molecule has 7 atom stereocenters. The van der Waals surface area contributed by atoms with Gasteiger partial charge in [-0.05, 0) is 62.1 Å². The highest BCUT2D eigenvalue weighted by molar-refractivity contribution is 7.90. The Labute approximate surface area is 326 Å². The molecule has 1 saturated heterocycles. The second-order valence-corrected chi connectivity index (χ2v) is 18.6. The number of amides is 3. The smallest absolute Gasteiger partial charge is 0.408 e. The fourth-order valence-electron chi connectivity index (χ4n) is 7.98. The molecule has 0 unspecified atom stereocenters. The molecule has 310 valence electrons. The maximum atomic E-state index is 16.0. The van der Waals surface area contributed by atoms with Crippen LogP contribution in [0.25, 0.3) is 11.0 Å². The molecule has 2 aromatic rings. The first kappa shape index (κ1) is 40.8. The van der Waals surface area contributed by atoms with Crippen molar-refractivity contribution in [1.82, 2.24) is 24.9 Å². The van der Waals surface area contributed by atoms with Gasteiger partial charge in [-0.3, -0.25) is 19.1 Å². The first-order valence-corrected chi connectivity index (χ1v) is 20.6. The van der Waals surface area contributed by atoms with Crippen molar-refractivity contribution in [3.05, 3.63) is 42.1 Å². The molecule has 3 saturated carbocycles. The first-order chi connectivity index (χ1) is 26.8. The number of hydrogen-bond donors (Lipinski definition) is 2. The molecule has 0 spiro atoms. The van der Waals surface area contributed by atoms with E-state index >= 15 is 8.78 Å². The van der Waals surface area contributed by atoms with E-state index in [1.807, 2.05) is 4.72 Å². The number of carbonyl (C=O) groups is 4. The van der Waals surface area contributed by atoms with E-state index < -0.39 is 129 Å². The van der Waals surface area contributed by atoms with Crippen molar-refractivity contribution in [3.8, 4) is 5.88 Å². The summed E-state index contributed by atoms with van der Waals surface area (Å²) < 4.78 is 105. The highest BCUT2D eigenvalue weighted by Gasteiger charge is 2.66. The molecule has 19 heteroatoms. The second kappa shape index (κ2) is 15.1. The molecule has 4 fully saturated rings. The molecule has 2 aliphatic heterocycles. The maximum Gasteiger partial charge on any atom is 0.408 e. The van der Waals surface area contributed by atoms with Crippen LogP contribution in [0.5, 0.6) is 5.88 Å². The zero-order valence-corrected chi connectivity index (χ0v) is 32.4. The van der Waals surface area contributed by atoms with Crippen molar-refractivity contribution in [2.45, 2.75) is 120 Å². The number of alkyl carbamates (subject to hydrolysis) is 1. The van der Waals surface area contributed by atoms with Gasteiger partial charge < -0.3 is 24.4 Å². The molecule has 3 heterocycles. The van der Waals surface area contributed by atoms with Gasteiger partial charge in [-0.2, -0.15) is 8.78 Å². The number of aromatic nitrogens is 2. The molecule has 1 aromatic heterocycles. The molecule has 14 nitrogen and oxygen atoms in total. The van der Waals surface area contributed by atoms with E-state index in [9.17, 15) is 36.4 Å². The van der Waals surface area contributed by atoms with Crippen LogP contribution in [0, 0.1) is 16.7 Å². The van der Waals surface area contributed by atoms with Crippen LogP contribution in [0.3, 0.4) is 0 Å². The highest BCUT2D eigenvalue weighted by Crippen LogP contribution is 2.59. The van der Waals surface area contributed by atoms with E-state index in [1.54, 1.807) is 32.9 Å². The van der Waals surface area contributed by atoms with E-state index in [0.29, 0.717) is 38.2 Å². The number of nitrogens with one attached hydrogen (secondary N) is 2. The fourth-order valence-corrected chi connectivity index (χ4v) is 9.36. The number of benzene rings is 1. The van der Waals surface area contributed by atoms with Gasteiger partial charge in [0.05, 0.1) is 47.0 Å².